The summed E-state index contributed by atoms with van der Waals surface area (Å²) < 4.78 is 32.3. The van der Waals surface area contributed by atoms with Gasteiger partial charge in [0.2, 0.25) is 0 Å². The molecule has 0 atom stereocenters. The first-order valence-electron chi connectivity index (χ1n) is 5.38. The molecular formula is C14H11ClF2O. The lowest BCUT2D eigenvalue weighted by Gasteiger charge is -2.09. The van der Waals surface area contributed by atoms with Crippen LogP contribution < -0.4 is 4.74 Å². The maximum Gasteiger partial charge on any atom is 0.166 e. The Morgan fingerprint density at radius 1 is 1.00 bits per heavy atom. The van der Waals surface area contributed by atoms with Gasteiger partial charge in [0.1, 0.15) is 0 Å². The van der Waals surface area contributed by atoms with Crippen molar-refractivity contribution < 1.29 is 13.5 Å². The minimum Gasteiger partial charge on any atom is -0.451 e. The Bertz CT molecular complexity index is 570. The highest BCUT2D eigenvalue weighted by Crippen LogP contribution is 2.28. The lowest BCUT2D eigenvalue weighted by atomic mass is 10.2. The molecule has 0 heterocycles. The predicted molar refractivity (Wildman–Crippen MR) is 67.2 cm³/mol. The number of rotatable bonds is 3. The molecule has 2 rings (SSSR count). The van der Waals surface area contributed by atoms with Crippen molar-refractivity contribution in [1.29, 1.82) is 0 Å². The van der Waals surface area contributed by atoms with Crippen LogP contribution >= 0.6 is 11.6 Å². The first-order valence-corrected chi connectivity index (χ1v) is 5.92. The van der Waals surface area contributed by atoms with Crippen LogP contribution in [0.1, 0.15) is 11.1 Å². The van der Waals surface area contributed by atoms with E-state index in [4.69, 9.17) is 16.3 Å². The molecule has 0 spiro atoms. The number of halogens is 3. The largest absolute Gasteiger partial charge is 0.451 e. The van der Waals surface area contributed by atoms with Gasteiger partial charge in [0.15, 0.2) is 23.1 Å². The van der Waals surface area contributed by atoms with E-state index in [-0.39, 0.29) is 17.4 Å². The number of alkyl halides is 1. The van der Waals surface area contributed by atoms with Gasteiger partial charge in [-0.25, -0.2) is 8.78 Å². The molecule has 0 aliphatic carbocycles. The first kappa shape index (κ1) is 12.8. The van der Waals surface area contributed by atoms with Crippen molar-refractivity contribution in [3.8, 4) is 11.5 Å². The number of ether oxygens (including phenoxy) is 1. The summed E-state index contributed by atoms with van der Waals surface area (Å²) in [6, 6.07) is 8.78. The summed E-state index contributed by atoms with van der Waals surface area (Å²) >= 11 is 5.59. The van der Waals surface area contributed by atoms with Crippen molar-refractivity contribution in [3.05, 3.63) is 59.2 Å². The van der Waals surface area contributed by atoms with E-state index >= 15 is 0 Å². The molecular weight excluding hydrogens is 258 g/mol. The van der Waals surface area contributed by atoms with Gasteiger partial charge in [-0.15, -0.1) is 11.6 Å². The molecule has 0 unspecified atom stereocenters. The minimum absolute atomic E-state index is 0.00697. The normalized spacial score (nSPS) is 10.4. The molecule has 0 aromatic heterocycles. The molecule has 0 N–H and O–H groups in total. The minimum atomic E-state index is -0.561. The van der Waals surface area contributed by atoms with Gasteiger partial charge >= 0.3 is 0 Å². The van der Waals surface area contributed by atoms with Crippen LogP contribution in [0.3, 0.4) is 0 Å². The molecule has 4 heteroatoms. The summed E-state index contributed by atoms with van der Waals surface area (Å²) in [5.74, 6) is -0.882. The lowest BCUT2D eigenvalue weighted by molar-refractivity contribution is 0.414. The molecule has 1 nitrogen and oxygen atoms in total. The van der Waals surface area contributed by atoms with Crippen LogP contribution in [0.4, 0.5) is 8.78 Å². The van der Waals surface area contributed by atoms with Crippen molar-refractivity contribution in [3.63, 3.8) is 0 Å². The second-order valence-electron chi connectivity index (χ2n) is 3.93. The van der Waals surface area contributed by atoms with E-state index in [0.717, 1.165) is 5.56 Å². The number of hydrogen-bond donors (Lipinski definition) is 0. The zero-order chi connectivity index (χ0) is 13.1. The average Bonchev–Trinajstić information content (AvgIpc) is 2.36. The monoisotopic (exact) mass is 268 g/mol. The van der Waals surface area contributed by atoms with Gasteiger partial charge in [0.25, 0.3) is 0 Å². The quantitative estimate of drug-likeness (QED) is 0.726. The highest BCUT2D eigenvalue weighted by Gasteiger charge is 2.09. The van der Waals surface area contributed by atoms with E-state index in [1.807, 2.05) is 0 Å². The summed E-state index contributed by atoms with van der Waals surface area (Å²) in [7, 11) is 0. The zero-order valence-electron chi connectivity index (χ0n) is 9.71. The fourth-order valence-corrected chi connectivity index (χ4v) is 1.68. The molecule has 0 bridgehead atoms. The van der Waals surface area contributed by atoms with Crippen LogP contribution in [0.5, 0.6) is 11.5 Å². The molecule has 0 aliphatic rings. The first-order chi connectivity index (χ1) is 8.60. The number of benzene rings is 2. The van der Waals surface area contributed by atoms with Gasteiger partial charge in [-0.3, -0.25) is 0 Å². The van der Waals surface area contributed by atoms with Crippen molar-refractivity contribution in [2.75, 3.05) is 0 Å². The van der Waals surface area contributed by atoms with Crippen LogP contribution in [0.25, 0.3) is 0 Å². The predicted octanol–water partition coefficient (Wildman–Crippen LogP) is 4.80. The summed E-state index contributed by atoms with van der Waals surface area (Å²) in [5.41, 5.74) is 1.48. The van der Waals surface area contributed by atoms with Crippen LogP contribution in [-0.4, -0.2) is 0 Å². The molecule has 0 radical (unpaired) electrons. The van der Waals surface area contributed by atoms with Crippen LogP contribution in [0.15, 0.2) is 36.4 Å². The van der Waals surface area contributed by atoms with Crippen LogP contribution in [0, 0.1) is 18.6 Å². The Labute approximate surface area is 109 Å². The third kappa shape index (κ3) is 2.79. The molecule has 2 aromatic carbocycles. The Kier molecular flexibility index (Phi) is 3.82. The molecule has 2 aromatic rings. The van der Waals surface area contributed by atoms with Gasteiger partial charge < -0.3 is 4.74 Å². The highest BCUT2D eigenvalue weighted by atomic mass is 35.5. The van der Waals surface area contributed by atoms with Gasteiger partial charge in [-0.05, 0) is 42.3 Å². The Hall–Kier alpha value is -1.61. The Balaban J connectivity index is 2.31. The van der Waals surface area contributed by atoms with Crippen molar-refractivity contribution >= 4 is 11.6 Å². The van der Waals surface area contributed by atoms with Gasteiger partial charge in [0, 0.05) is 5.88 Å². The Morgan fingerprint density at radius 2 is 1.78 bits per heavy atom. The molecule has 0 amide bonds. The molecule has 0 fully saturated rings. The van der Waals surface area contributed by atoms with Crippen LogP contribution in [-0.2, 0) is 5.88 Å². The van der Waals surface area contributed by atoms with Gasteiger partial charge in [-0.1, -0.05) is 12.1 Å². The van der Waals surface area contributed by atoms with E-state index in [9.17, 15) is 8.78 Å². The third-order valence-electron chi connectivity index (χ3n) is 2.46. The second kappa shape index (κ2) is 5.36. The average molecular weight is 269 g/mol. The summed E-state index contributed by atoms with van der Waals surface area (Å²) in [6.07, 6.45) is 0. The molecule has 0 aliphatic heterocycles. The molecule has 94 valence electrons. The number of aryl methyl sites for hydroxylation is 1. The second-order valence-corrected chi connectivity index (χ2v) is 4.20. The lowest BCUT2D eigenvalue weighted by Crippen LogP contribution is -1.93. The summed E-state index contributed by atoms with van der Waals surface area (Å²) in [4.78, 5) is 0. The molecule has 18 heavy (non-hydrogen) atoms. The van der Waals surface area contributed by atoms with E-state index in [2.05, 4.69) is 0 Å². The summed E-state index contributed by atoms with van der Waals surface area (Å²) in [6.45, 7) is 1.80. The fraction of sp³-hybridized carbons (Fsp3) is 0.143. The van der Waals surface area contributed by atoms with E-state index < -0.39 is 11.6 Å². The smallest absolute Gasteiger partial charge is 0.166 e. The van der Waals surface area contributed by atoms with E-state index in [0.29, 0.717) is 5.56 Å². The standard InChI is InChI=1S/C14H11ClF2O/c1-9-2-4-11(16)14(6-9)18-13-5-3-10(8-15)7-12(13)17/h2-7H,8H2,1H3. The summed E-state index contributed by atoms with van der Waals surface area (Å²) in [5, 5.41) is 0. The van der Waals surface area contributed by atoms with E-state index in [1.165, 1.54) is 24.3 Å². The topological polar surface area (TPSA) is 9.23 Å². The van der Waals surface area contributed by atoms with Crippen molar-refractivity contribution in [2.24, 2.45) is 0 Å². The number of hydrogen-bond acceptors (Lipinski definition) is 1. The van der Waals surface area contributed by atoms with Crippen molar-refractivity contribution in [2.45, 2.75) is 12.8 Å². The maximum absolute atomic E-state index is 13.6. The van der Waals surface area contributed by atoms with Crippen LogP contribution in [0.2, 0.25) is 0 Å². The molecule has 0 saturated heterocycles. The maximum atomic E-state index is 13.6. The van der Waals surface area contributed by atoms with E-state index in [1.54, 1.807) is 19.1 Å². The fourth-order valence-electron chi connectivity index (χ4n) is 1.52. The zero-order valence-corrected chi connectivity index (χ0v) is 10.5. The Morgan fingerprint density at radius 3 is 2.44 bits per heavy atom. The van der Waals surface area contributed by atoms with Crippen molar-refractivity contribution in [1.82, 2.24) is 0 Å². The molecule has 0 saturated carbocycles. The SMILES string of the molecule is Cc1ccc(F)c(Oc2ccc(CCl)cc2F)c1. The van der Waals surface area contributed by atoms with Gasteiger partial charge in [0.05, 0.1) is 0 Å². The van der Waals surface area contributed by atoms with Gasteiger partial charge in [-0.2, -0.15) is 0 Å². The highest BCUT2D eigenvalue weighted by molar-refractivity contribution is 6.17. The third-order valence-corrected chi connectivity index (χ3v) is 2.77.